The fourth-order valence-electron chi connectivity index (χ4n) is 2.49. The van der Waals surface area contributed by atoms with Crippen molar-refractivity contribution in [1.29, 1.82) is 0 Å². The lowest BCUT2D eigenvalue weighted by Crippen LogP contribution is -2.39. The molecule has 0 aliphatic rings. The average molecular weight is 386 g/mol. The van der Waals surface area contributed by atoms with Crippen molar-refractivity contribution in [3.05, 3.63) is 11.4 Å². The van der Waals surface area contributed by atoms with Gasteiger partial charge < -0.3 is 23.4 Å². The maximum atomic E-state index is 6.95. The van der Waals surface area contributed by atoms with Gasteiger partial charge in [0.1, 0.15) is 14.5 Å². The molecule has 2 radical (unpaired) electrons. The topological polar surface area (TPSA) is 44.5 Å². The molecule has 26 heavy (non-hydrogen) atoms. The van der Waals surface area contributed by atoms with E-state index in [1.807, 2.05) is 20.8 Å². The van der Waals surface area contributed by atoms with E-state index in [9.17, 15) is 0 Å². The third kappa shape index (κ3) is 9.13. The molecule has 0 amide bonds. The lowest BCUT2D eigenvalue weighted by atomic mass is 9.94. The number of methoxy groups -OCH3 is 1. The van der Waals surface area contributed by atoms with Gasteiger partial charge in [-0.2, -0.15) is 0 Å². The van der Waals surface area contributed by atoms with E-state index in [0.717, 1.165) is 6.42 Å². The lowest BCUT2D eigenvalue weighted by Gasteiger charge is -2.38. The number of hydrogen-bond acceptors (Lipinski definition) is 5. The van der Waals surface area contributed by atoms with E-state index in [4.69, 9.17) is 32.9 Å². The minimum absolute atomic E-state index is 0.168. The first-order valence-electron chi connectivity index (χ1n) is 9.34. The van der Waals surface area contributed by atoms with Gasteiger partial charge in [0, 0.05) is 25.2 Å². The summed E-state index contributed by atoms with van der Waals surface area (Å²) in [7, 11) is 6.37. The molecular formula is C18H36BN2O4P. The second kappa shape index (κ2) is 13.9. The van der Waals surface area contributed by atoms with E-state index >= 15 is 0 Å². The van der Waals surface area contributed by atoms with Gasteiger partial charge in [-0.05, 0) is 48.0 Å². The lowest BCUT2D eigenvalue weighted by molar-refractivity contribution is -0.0810. The van der Waals surface area contributed by atoms with Crippen molar-refractivity contribution >= 4 is 16.4 Å². The van der Waals surface area contributed by atoms with Crippen LogP contribution in [0.15, 0.2) is 0 Å². The number of rotatable bonds is 14. The predicted molar refractivity (Wildman–Crippen MR) is 108 cm³/mol. The number of ether oxygens (including phenoxy) is 2. The minimum atomic E-state index is -1.30. The van der Waals surface area contributed by atoms with Crippen molar-refractivity contribution in [3.63, 3.8) is 0 Å². The highest BCUT2D eigenvalue weighted by molar-refractivity contribution is 7.44. The van der Waals surface area contributed by atoms with Crippen LogP contribution >= 0.6 is 8.53 Å². The van der Waals surface area contributed by atoms with Crippen molar-refractivity contribution in [2.45, 2.75) is 91.3 Å². The second-order valence-corrected chi connectivity index (χ2v) is 8.23. The first-order chi connectivity index (χ1) is 12.2. The molecule has 5 atom stereocenters. The number of nitrogens with zero attached hydrogens (tertiary/aromatic N) is 2. The zero-order valence-electron chi connectivity index (χ0n) is 17.6. The molecule has 0 bridgehead atoms. The molecule has 0 aliphatic carbocycles. The maximum Gasteiger partial charge on any atom is 0.259 e. The molecule has 0 fully saturated rings. The van der Waals surface area contributed by atoms with Gasteiger partial charge in [-0.15, -0.1) is 0 Å². The van der Waals surface area contributed by atoms with Crippen molar-refractivity contribution < 1.29 is 18.5 Å². The van der Waals surface area contributed by atoms with Crippen LogP contribution in [0.3, 0.4) is 0 Å². The zero-order valence-corrected chi connectivity index (χ0v) is 18.5. The molecule has 0 aromatic carbocycles. The van der Waals surface area contributed by atoms with Crippen LogP contribution in [0.1, 0.15) is 54.9 Å². The molecule has 0 heterocycles. The van der Waals surface area contributed by atoms with Crippen LogP contribution in [0, 0.1) is 6.57 Å². The number of hydrogen-bond donors (Lipinski definition) is 0. The smallest absolute Gasteiger partial charge is 0.259 e. The van der Waals surface area contributed by atoms with Crippen LogP contribution < -0.4 is 0 Å². The highest BCUT2D eigenvalue weighted by Crippen LogP contribution is 2.47. The van der Waals surface area contributed by atoms with Gasteiger partial charge >= 0.3 is 0 Å². The molecule has 0 N–H and O–H groups in total. The summed E-state index contributed by atoms with van der Waals surface area (Å²) >= 11 is 0. The van der Waals surface area contributed by atoms with Gasteiger partial charge in [0.15, 0.2) is 0 Å². The zero-order chi connectivity index (χ0) is 20.3. The molecule has 0 aliphatic heterocycles. The van der Waals surface area contributed by atoms with Crippen molar-refractivity contribution in [2.24, 2.45) is 0 Å². The van der Waals surface area contributed by atoms with Gasteiger partial charge in [-0.1, -0.05) is 6.92 Å². The van der Waals surface area contributed by atoms with Crippen molar-refractivity contribution in [3.8, 4) is 0 Å². The highest BCUT2D eigenvalue weighted by atomic mass is 31.2. The Bertz CT molecular complexity index is 401. The van der Waals surface area contributed by atoms with E-state index in [0.29, 0.717) is 13.2 Å². The van der Waals surface area contributed by atoms with Crippen LogP contribution in [-0.4, -0.2) is 69.2 Å². The Labute approximate surface area is 163 Å². The Balaban J connectivity index is 5.10. The summed E-state index contributed by atoms with van der Waals surface area (Å²) in [6.45, 7) is 22.0. The quantitative estimate of drug-likeness (QED) is 0.195. The second-order valence-electron chi connectivity index (χ2n) is 6.82. The van der Waals surface area contributed by atoms with Crippen LogP contribution in [0.4, 0.5) is 0 Å². The SMILES string of the molecule is [B]C(O[C@H](CC)[C@H](C)OP(OCC[N+]#[C-])N(C(C)C)C(C)C)[C@@H](C)OC. The molecule has 0 aromatic heterocycles. The molecule has 0 spiro atoms. The van der Waals surface area contributed by atoms with Gasteiger partial charge in [-0.25, -0.2) is 11.2 Å². The minimum Gasteiger partial charge on any atom is -0.380 e. The fourth-order valence-corrected chi connectivity index (χ4v) is 4.20. The summed E-state index contributed by atoms with van der Waals surface area (Å²) in [5, 5.41) is 0. The fraction of sp³-hybridized carbons (Fsp3) is 0.944. The third-order valence-corrected chi connectivity index (χ3v) is 6.22. The molecule has 0 saturated carbocycles. The monoisotopic (exact) mass is 386 g/mol. The van der Waals surface area contributed by atoms with E-state index < -0.39 is 14.5 Å². The van der Waals surface area contributed by atoms with Gasteiger partial charge in [0.25, 0.3) is 8.53 Å². The Morgan fingerprint density at radius 1 is 1.08 bits per heavy atom. The molecular weight excluding hydrogens is 350 g/mol. The first kappa shape index (κ1) is 25.8. The molecule has 2 unspecified atom stereocenters. The summed E-state index contributed by atoms with van der Waals surface area (Å²) in [5.74, 6) is 0. The molecule has 0 rings (SSSR count). The van der Waals surface area contributed by atoms with Crippen LogP contribution in [0.5, 0.6) is 0 Å². The summed E-state index contributed by atoms with van der Waals surface area (Å²) in [5.41, 5.74) is 0. The third-order valence-electron chi connectivity index (χ3n) is 4.00. The van der Waals surface area contributed by atoms with Crippen molar-refractivity contribution in [2.75, 3.05) is 20.3 Å². The summed E-state index contributed by atoms with van der Waals surface area (Å²) < 4.78 is 25.6. The Morgan fingerprint density at radius 3 is 2.08 bits per heavy atom. The molecule has 150 valence electrons. The van der Waals surface area contributed by atoms with Crippen molar-refractivity contribution in [1.82, 2.24) is 4.67 Å². The Hall–Kier alpha value is -0.215. The van der Waals surface area contributed by atoms with E-state index in [1.165, 1.54) is 0 Å². The van der Waals surface area contributed by atoms with Gasteiger partial charge in [-0.3, -0.25) is 0 Å². The molecule has 0 aromatic rings. The summed E-state index contributed by atoms with van der Waals surface area (Å²) in [6.07, 6.45) is 0.197. The van der Waals surface area contributed by atoms with Crippen LogP contribution in [0.2, 0.25) is 0 Å². The molecule has 6 nitrogen and oxygen atoms in total. The van der Waals surface area contributed by atoms with E-state index in [1.54, 1.807) is 7.11 Å². The maximum absolute atomic E-state index is 6.95. The Kier molecular flexibility index (Phi) is 13.8. The van der Waals surface area contributed by atoms with Crippen LogP contribution in [0.25, 0.3) is 4.85 Å². The van der Waals surface area contributed by atoms with E-state index in [-0.39, 0.29) is 30.4 Å². The molecule has 8 heteroatoms. The largest absolute Gasteiger partial charge is 0.380 e. The molecule has 0 saturated heterocycles. The van der Waals surface area contributed by atoms with Crippen LogP contribution in [-0.2, 0) is 18.5 Å². The van der Waals surface area contributed by atoms with Gasteiger partial charge in [0.05, 0.1) is 18.3 Å². The normalized spacial score (nSPS) is 17.9. The predicted octanol–water partition coefficient (Wildman–Crippen LogP) is 4.00. The highest BCUT2D eigenvalue weighted by Gasteiger charge is 2.32. The average Bonchev–Trinajstić information content (AvgIpc) is 2.57. The standard InChI is InChI=1S/C18H36BN2O4P/c1-10-17(24-18(19)16(7)22-9)15(6)25-26(23-12-11-20-8)21(13(2)3)14(4)5/h13-18H,10-12H2,1-7,9H3/t15-,16+,17+,18?,26?/m0/s1. The van der Waals surface area contributed by atoms with Gasteiger partial charge in [0.2, 0.25) is 6.54 Å². The summed E-state index contributed by atoms with van der Waals surface area (Å²) in [6, 6.07) is 0.00703. The first-order valence-corrected chi connectivity index (χ1v) is 10.5. The van der Waals surface area contributed by atoms with E-state index in [2.05, 4.69) is 37.2 Å². The summed E-state index contributed by atoms with van der Waals surface area (Å²) in [4.78, 5) is 3.36. The Morgan fingerprint density at radius 2 is 1.65 bits per heavy atom.